The van der Waals surface area contributed by atoms with Crippen LogP contribution in [0.4, 0.5) is 0 Å². The molecule has 0 radical (unpaired) electrons. The van der Waals surface area contributed by atoms with Crippen LogP contribution in [0, 0.1) is 0 Å². The lowest BCUT2D eigenvalue weighted by Gasteiger charge is -2.04. The van der Waals surface area contributed by atoms with E-state index < -0.39 is 11.9 Å². The molecule has 4 nitrogen and oxygen atoms in total. The van der Waals surface area contributed by atoms with Crippen LogP contribution in [0.5, 0.6) is 0 Å². The Balaban J connectivity index is 2.52. The summed E-state index contributed by atoms with van der Waals surface area (Å²) < 4.78 is 4.62. The average Bonchev–Trinajstić information content (AvgIpc) is 2.86. The summed E-state index contributed by atoms with van der Waals surface area (Å²) in [5, 5.41) is 11.3. The number of hydrogen-bond donors (Lipinski definition) is 1. The third-order valence-corrected chi connectivity index (χ3v) is 3.65. The number of carbonyl (C=O) groups is 2. The normalized spacial score (nSPS) is 10.2. The molecule has 0 bridgehead atoms. The number of carboxylic acids is 1. The molecule has 0 atom stereocenters. The summed E-state index contributed by atoms with van der Waals surface area (Å²) in [6.45, 7) is 0. The van der Waals surface area contributed by atoms with Crippen molar-refractivity contribution in [3.05, 3.63) is 45.1 Å². The minimum Gasteiger partial charge on any atom is -0.478 e. The van der Waals surface area contributed by atoms with Crippen molar-refractivity contribution in [2.24, 2.45) is 0 Å². The second-order valence-corrected chi connectivity index (χ2v) is 5.03. The molecule has 0 aliphatic carbocycles. The van der Waals surface area contributed by atoms with Gasteiger partial charge in [0.15, 0.2) is 0 Å². The predicted octanol–water partition coefficient (Wildman–Crippen LogP) is 3.55. The molecule has 1 heterocycles. The SMILES string of the molecule is COC(=O)c1cc(-c2cc(Cl)ccc2C(=O)O)cs1. The van der Waals surface area contributed by atoms with Crippen LogP contribution in [0.25, 0.3) is 11.1 Å². The summed E-state index contributed by atoms with van der Waals surface area (Å²) in [7, 11) is 1.30. The van der Waals surface area contributed by atoms with E-state index in [4.69, 9.17) is 16.7 Å². The second kappa shape index (κ2) is 5.42. The molecule has 19 heavy (non-hydrogen) atoms. The largest absolute Gasteiger partial charge is 0.478 e. The van der Waals surface area contributed by atoms with Gasteiger partial charge in [0, 0.05) is 5.02 Å². The van der Waals surface area contributed by atoms with Crippen LogP contribution in [0.15, 0.2) is 29.6 Å². The number of rotatable bonds is 3. The first-order chi connectivity index (χ1) is 9.02. The Labute approximate surface area is 118 Å². The van der Waals surface area contributed by atoms with Gasteiger partial charge in [-0.1, -0.05) is 11.6 Å². The van der Waals surface area contributed by atoms with E-state index in [1.165, 1.54) is 30.6 Å². The highest BCUT2D eigenvalue weighted by atomic mass is 35.5. The molecular weight excluding hydrogens is 288 g/mol. The molecule has 0 aliphatic rings. The van der Waals surface area contributed by atoms with Gasteiger partial charge >= 0.3 is 11.9 Å². The Bertz CT molecular complexity index is 648. The van der Waals surface area contributed by atoms with Crippen molar-refractivity contribution < 1.29 is 19.4 Å². The van der Waals surface area contributed by atoms with E-state index >= 15 is 0 Å². The van der Waals surface area contributed by atoms with Crippen molar-refractivity contribution in [3.63, 3.8) is 0 Å². The molecule has 0 saturated heterocycles. The quantitative estimate of drug-likeness (QED) is 0.880. The van der Waals surface area contributed by atoms with Crippen molar-refractivity contribution >= 4 is 34.9 Å². The first-order valence-electron chi connectivity index (χ1n) is 5.23. The van der Waals surface area contributed by atoms with Crippen LogP contribution in [0.3, 0.4) is 0 Å². The highest BCUT2D eigenvalue weighted by Crippen LogP contribution is 2.31. The van der Waals surface area contributed by atoms with Crippen molar-refractivity contribution in [2.75, 3.05) is 7.11 Å². The lowest BCUT2D eigenvalue weighted by molar-refractivity contribution is 0.0605. The number of hydrogen-bond acceptors (Lipinski definition) is 4. The minimum absolute atomic E-state index is 0.138. The Morgan fingerprint density at radius 1 is 1.32 bits per heavy atom. The molecule has 98 valence electrons. The predicted molar refractivity (Wildman–Crippen MR) is 73.1 cm³/mol. The van der Waals surface area contributed by atoms with Crippen LogP contribution < -0.4 is 0 Å². The summed E-state index contributed by atoms with van der Waals surface area (Å²) in [6.07, 6.45) is 0. The van der Waals surface area contributed by atoms with Crippen LogP contribution in [0.1, 0.15) is 20.0 Å². The van der Waals surface area contributed by atoms with Crippen molar-refractivity contribution in [2.45, 2.75) is 0 Å². The number of ether oxygens (including phenoxy) is 1. The summed E-state index contributed by atoms with van der Waals surface area (Å²) >= 11 is 7.08. The number of carbonyl (C=O) groups excluding carboxylic acids is 1. The Morgan fingerprint density at radius 3 is 2.68 bits per heavy atom. The molecule has 0 aliphatic heterocycles. The van der Waals surface area contributed by atoms with E-state index in [-0.39, 0.29) is 5.56 Å². The zero-order valence-corrected chi connectivity index (χ0v) is 11.4. The van der Waals surface area contributed by atoms with Gasteiger partial charge in [0.05, 0.1) is 12.7 Å². The van der Waals surface area contributed by atoms with E-state index in [9.17, 15) is 9.59 Å². The summed E-state index contributed by atoms with van der Waals surface area (Å²) in [4.78, 5) is 23.0. The van der Waals surface area contributed by atoms with Gasteiger partial charge in [-0.15, -0.1) is 11.3 Å². The van der Waals surface area contributed by atoms with Crippen molar-refractivity contribution in [3.8, 4) is 11.1 Å². The first kappa shape index (κ1) is 13.6. The minimum atomic E-state index is -1.04. The van der Waals surface area contributed by atoms with Crippen molar-refractivity contribution in [1.82, 2.24) is 0 Å². The maximum atomic E-state index is 11.4. The standard InChI is InChI=1S/C13H9ClO4S/c1-18-13(17)11-4-7(6-19-11)10-5-8(14)2-3-9(10)12(15)16/h2-6H,1H3,(H,15,16). The topological polar surface area (TPSA) is 63.6 Å². The Morgan fingerprint density at radius 2 is 2.05 bits per heavy atom. The Hall–Kier alpha value is -1.85. The highest BCUT2D eigenvalue weighted by molar-refractivity contribution is 7.12. The van der Waals surface area contributed by atoms with E-state index in [1.807, 2.05) is 0 Å². The molecule has 0 amide bonds. The molecule has 0 spiro atoms. The first-order valence-corrected chi connectivity index (χ1v) is 6.48. The van der Waals surface area contributed by atoms with Gasteiger partial charge in [0.25, 0.3) is 0 Å². The highest BCUT2D eigenvalue weighted by Gasteiger charge is 2.16. The summed E-state index contributed by atoms with van der Waals surface area (Å²) in [6, 6.07) is 6.11. The van der Waals surface area contributed by atoms with E-state index in [2.05, 4.69) is 4.74 Å². The fourth-order valence-electron chi connectivity index (χ4n) is 1.63. The Kier molecular flexibility index (Phi) is 3.87. The molecule has 2 aromatic rings. The second-order valence-electron chi connectivity index (χ2n) is 3.69. The van der Waals surface area contributed by atoms with Crippen LogP contribution in [-0.4, -0.2) is 24.2 Å². The smallest absolute Gasteiger partial charge is 0.348 e. The van der Waals surface area contributed by atoms with Gasteiger partial charge in [-0.2, -0.15) is 0 Å². The van der Waals surface area contributed by atoms with Gasteiger partial charge in [-0.25, -0.2) is 9.59 Å². The number of aromatic carboxylic acids is 1. The fraction of sp³-hybridized carbons (Fsp3) is 0.0769. The van der Waals surface area contributed by atoms with E-state index in [1.54, 1.807) is 17.5 Å². The van der Waals surface area contributed by atoms with E-state index in [0.717, 1.165) is 0 Å². The van der Waals surface area contributed by atoms with Gasteiger partial charge in [-0.3, -0.25) is 0 Å². The molecular formula is C13H9ClO4S. The number of esters is 1. The average molecular weight is 297 g/mol. The lowest BCUT2D eigenvalue weighted by Crippen LogP contribution is -1.99. The monoisotopic (exact) mass is 296 g/mol. The lowest BCUT2D eigenvalue weighted by atomic mass is 10.0. The number of halogens is 1. The number of carboxylic acid groups (broad SMARTS) is 1. The fourth-order valence-corrected chi connectivity index (χ4v) is 2.62. The zero-order valence-electron chi connectivity index (χ0n) is 9.84. The molecule has 0 unspecified atom stereocenters. The summed E-state index contributed by atoms with van der Waals surface area (Å²) in [5.74, 6) is -1.49. The molecule has 1 aromatic heterocycles. The maximum Gasteiger partial charge on any atom is 0.348 e. The van der Waals surface area contributed by atoms with E-state index in [0.29, 0.717) is 21.0 Å². The molecule has 1 aromatic carbocycles. The molecule has 0 saturated carbocycles. The van der Waals surface area contributed by atoms with Gasteiger partial charge in [0.2, 0.25) is 0 Å². The van der Waals surface area contributed by atoms with Crippen LogP contribution >= 0.6 is 22.9 Å². The molecule has 6 heteroatoms. The van der Waals surface area contributed by atoms with Gasteiger partial charge in [0.1, 0.15) is 4.88 Å². The number of thiophene rings is 1. The van der Waals surface area contributed by atoms with Crippen molar-refractivity contribution in [1.29, 1.82) is 0 Å². The van der Waals surface area contributed by atoms with Gasteiger partial charge in [-0.05, 0) is 40.8 Å². The molecule has 0 fully saturated rings. The maximum absolute atomic E-state index is 11.4. The third kappa shape index (κ3) is 2.77. The number of benzene rings is 1. The molecule has 2 rings (SSSR count). The summed E-state index contributed by atoms with van der Waals surface area (Å²) in [5.41, 5.74) is 1.25. The van der Waals surface area contributed by atoms with Gasteiger partial charge < -0.3 is 9.84 Å². The third-order valence-electron chi connectivity index (χ3n) is 2.51. The van der Waals surface area contributed by atoms with Crippen LogP contribution in [-0.2, 0) is 4.74 Å². The zero-order chi connectivity index (χ0) is 14.0. The van der Waals surface area contributed by atoms with Crippen LogP contribution in [0.2, 0.25) is 5.02 Å². The number of methoxy groups -OCH3 is 1. The molecule has 1 N–H and O–H groups in total.